The fraction of sp³-hybridized carbons (Fsp3) is 0.619. The average Bonchev–Trinajstić information content (AvgIpc) is 3.27. The van der Waals surface area contributed by atoms with Crippen molar-refractivity contribution >= 4 is 17.2 Å². The minimum atomic E-state index is 0.0914. The van der Waals surface area contributed by atoms with Gasteiger partial charge in [-0.05, 0) is 51.8 Å². The highest BCUT2D eigenvalue weighted by Gasteiger charge is 2.25. The van der Waals surface area contributed by atoms with Gasteiger partial charge in [0.15, 0.2) is 0 Å². The molecule has 2 aliphatic rings. The van der Waals surface area contributed by atoms with Crippen LogP contribution in [0.5, 0.6) is 0 Å². The van der Waals surface area contributed by atoms with E-state index < -0.39 is 0 Å². The molecular formula is C21H30N4O2S. The van der Waals surface area contributed by atoms with E-state index in [2.05, 4.69) is 20.3 Å². The monoisotopic (exact) mass is 402 g/mol. The van der Waals surface area contributed by atoms with E-state index in [0.29, 0.717) is 0 Å². The fourth-order valence-electron chi connectivity index (χ4n) is 4.26. The van der Waals surface area contributed by atoms with Crippen LogP contribution in [0.2, 0.25) is 0 Å². The lowest BCUT2D eigenvalue weighted by Gasteiger charge is -2.27. The number of nitrogens with one attached hydrogen (secondary N) is 1. The zero-order valence-electron chi connectivity index (χ0n) is 16.9. The van der Waals surface area contributed by atoms with E-state index in [1.165, 1.54) is 48.4 Å². The van der Waals surface area contributed by atoms with E-state index in [1.807, 2.05) is 19.2 Å². The molecule has 1 fully saturated rings. The number of aromatic nitrogens is 1. The number of likely N-dealkylation sites (tertiary alicyclic amines) is 1. The number of piperidine rings is 1. The Hall–Kier alpha value is -1.70. The van der Waals surface area contributed by atoms with Crippen LogP contribution in [0.15, 0.2) is 9.90 Å². The first-order valence-electron chi connectivity index (χ1n) is 10.4. The summed E-state index contributed by atoms with van der Waals surface area (Å²) in [6, 6.07) is 0. The van der Waals surface area contributed by atoms with Gasteiger partial charge in [0.1, 0.15) is 5.76 Å². The summed E-state index contributed by atoms with van der Waals surface area (Å²) in [5.41, 5.74) is 4.30. The van der Waals surface area contributed by atoms with Gasteiger partial charge < -0.3 is 14.7 Å². The Morgan fingerprint density at radius 1 is 1.21 bits per heavy atom. The molecule has 7 heteroatoms. The predicted molar refractivity (Wildman–Crippen MR) is 111 cm³/mol. The molecule has 0 aromatic carbocycles. The molecule has 0 spiro atoms. The molecule has 1 N–H and O–H groups in total. The summed E-state index contributed by atoms with van der Waals surface area (Å²) in [7, 11) is 0. The van der Waals surface area contributed by atoms with E-state index >= 15 is 0 Å². The largest absolute Gasteiger partial charge is 0.361 e. The molecule has 4 rings (SSSR count). The van der Waals surface area contributed by atoms with E-state index in [9.17, 15) is 4.79 Å². The molecule has 2 aromatic rings. The van der Waals surface area contributed by atoms with Crippen molar-refractivity contribution in [2.75, 3.05) is 32.7 Å². The van der Waals surface area contributed by atoms with Crippen LogP contribution >= 0.6 is 11.3 Å². The number of carbonyl (C=O) groups is 1. The molecule has 152 valence electrons. The zero-order chi connectivity index (χ0) is 19.5. The molecule has 0 bridgehead atoms. The van der Waals surface area contributed by atoms with Crippen molar-refractivity contribution in [2.45, 2.75) is 52.6 Å². The smallest absolute Gasteiger partial charge is 0.252 e. The molecule has 0 saturated carbocycles. The van der Waals surface area contributed by atoms with Gasteiger partial charge in [-0.1, -0.05) is 11.6 Å². The summed E-state index contributed by atoms with van der Waals surface area (Å²) >= 11 is 1.71. The minimum Gasteiger partial charge on any atom is -0.361 e. The van der Waals surface area contributed by atoms with Gasteiger partial charge in [0.25, 0.3) is 5.91 Å². The Bertz CT molecular complexity index is 803. The number of fused-ring (bicyclic) bond motifs is 1. The summed E-state index contributed by atoms with van der Waals surface area (Å²) < 4.78 is 5.29. The molecule has 0 radical (unpaired) electrons. The minimum absolute atomic E-state index is 0.0914. The molecule has 4 heterocycles. The number of amides is 1. The van der Waals surface area contributed by atoms with E-state index in [0.717, 1.165) is 56.2 Å². The van der Waals surface area contributed by atoms with Gasteiger partial charge in [0, 0.05) is 48.5 Å². The highest BCUT2D eigenvalue weighted by molar-refractivity contribution is 7.10. The van der Waals surface area contributed by atoms with Crippen LogP contribution < -0.4 is 5.32 Å². The lowest BCUT2D eigenvalue weighted by molar-refractivity contribution is 0.0945. The Balaban J connectivity index is 1.32. The van der Waals surface area contributed by atoms with Gasteiger partial charge in [-0.3, -0.25) is 9.69 Å². The van der Waals surface area contributed by atoms with Crippen molar-refractivity contribution in [3.63, 3.8) is 0 Å². The molecular weight excluding hydrogens is 372 g/mol. The van der Waals surface area contributed by atoms with Gasteiger partial charge in [-0.25, -0.2) is 0 Å². The number of rotatable bonds is 6. The van der Waals surface area contributed by atoms with Crippen molar-refractivity contribution in [1.29, 1.82) is 0 Å². The highest BCUT2D eigenvalue weighted by atomic mass is 32.1. The molecule has 6 nitrogen and oxygen atoms in total. The van der Waals surface area contributed by atoms with Gasteiger partial charge in [0.05, 0.1) is 11.3 Å². The summed E-state index contributed by atoms with van der Waals surface area (Å²) in [5.74, 6) is 0.997. The van der Waals surface area contributed by atoms with Crippen molar-refractivity contribution in [1.82, 2.24) is 20.3 Å². The Labute approximate surface area is 170 Å². The molecule has 0 unspecified atom stereocenters. The normalized spacial score (nSPS) is 18.2. The number of aryl methyl sites for hydroxylation is 2. The summed E-state index contributed by atoms with van der Waals surface area (Å²) in [6.07, 6.45) is 4.85. The Kier molecular flexibility index (Phi) is 6.13. The van der Waals surface area contributed by atoms with Gasteiger partial charge >= 0.3 is 0 Å². The number of nitrogens with zero attached hydrogens (tertiary/aromatic N) is 3. The van der Waals surface area contributed by atoms with Gasteiger partial charge in [-0.2, -0.15) is 0 Å². The van der Waals surface area contributed by atoms with Crippen LogP contribution in [-0.2, 0) is 19.5 Å². The van der Waals surface area contributed by atoms with Crippen LogP contribution in [0.25, 0.3) is 0 Å². The fourth-order valence-corrected chi connectivity index (χ4v) is 5.38. The van der Waals surface area contributed by atoms with Crippen LogP contribution in [0.1, 0.15) is 57.1 Å². The van der Waals surface area contributed by atoms with Crippen molar-refractivity contribution < 1.29 is 9.32 Å². The third kappa shape index (κ3) is 4.31. The summed E-state index contributed by atoms with van der Waals surface area (Å²) in [6.45, 7) is 10.7. The van der Waals surface area contributed by atoms with E-state index in [-0.39, 0.29) is 5.91 Å². The molecule has 0 aliphatic carbocycles. The lowest BCUT2D eigenvalue weighted by Crippen LogP contribution is -2.38. The molecule has 1 saturated heterocycles. The molecule has 0 atom stereocenters. The SMILES string of the molecule is Cc1noc(C)c1CN1CCc2c(C(=O)NCCN3CCCCC3)csc2C1. The molecule has 2 aliphatic heterocycles. The number of hydrogen-bond donors (Lipinski definition) is 1. The molecule has 1 amide bonds. The second kappa shape index (κ2) is 8.76. The first-order chi connectivity index (χ1) is 13.6. The molecule has 2 aromatic heterocycles. The van der Waals surface area contributed by atoms with Gasteiger partial charge in [0.2, 0.25) is 0 Å². The number of thiophene rings is 1. The number of hydrogen-bond acceptors (Lipinski definition) is 6. The first kappa shape index (κ1) is 19.6. The molecule has 28 heavy (non-hydrogen) atoms. The Morgan fingerprint density at radius 3 is 2.79 bits per heavy atom. The van der Waals surface area contributed by atoms with Crippen LogP contribution in [0.3, 0.4) is 0 Å². The highest BCUT2D eigenvalue weighted by Crippen LogP contribution is 2.30. The lowest BCUT2D eigenvalue weighted by atomic mass is 10.0. The van der Waals surface area contributed by atoms with Crippen LogP contribution in [-0.4, -0.2) is 53.6 Å². The Morgan fingerprint density at radius 2 is 2.04 bits per heavy atom. The predicted octanol–water partition coefficient (Wildman–Crippen LogP) is 3.13. The van der Waals surface area contributed by atoms with Gasteiger partial charge in [-0.15, -0.1) is 11.3 Å². The van der Waals surface area contributed by atoms with Crippen LogP contribution in [0, 0.1) is 13.8 Å². The first-order valence-corrected chi connectivity index (χ1v) is 11.2. The van der Waals surface area contributed by atoms with Crippen molar-refractivity contribution in [3.05, 3.63) is 38.4 Å². The maximum absolute atomic E-state index is 12.7. The second-order valence-electron chi connectivity index (χ2n) is 7.97. The third-order valence-corrected chi connectivity index (χ3v) is 7.01. The third-order valence-electron chi connectivity index (χ3n) is 6.00. The maximum Gasteiger partial charge on any atom is 0.252 e. The standard InChI is InChI=1S/C21H30N4O2S/c1-15-18(16(2)27-23-15)12-25-10-6-17-19(14-28-20(17)13-25)21(26)22-7-11-24-8-4-3-5-9-24/h14H,3-13H2,1-2H3,(H,22,26). The number of carbonyl (C=O) groups excluding carboxylic acids is 1. The van der Waals surface area contributed by atoms with Crippen LogP contribution in [0.4, 0.5) is 0 Å². The second-order valence-corrected chi connectivity index (χ2v) is 8.94. The van der Waals surface area contributed by atoms with E-state index in [1.54, 1.807) is 11.3 Å². The topological polar surface area (TPSA) is 61.6 Å². The van der Waals surface area contributed by atoms with Crippen molar-refractivity contribution in [3.8, 4) is 0 Å². The quantitative estimate of drug-likeness (QED) is 0.804. The summed E-state index contributed by atoms with van der Waals surface area (Å²) in [4.78, 5) is 18.9. The van der Waals surface area contributed by atoms with E-state index in [4.69, 9.17) is 4.52 Å². The van der Waals surface area contributed by atoms with Crippen molar-refractivity contribution in [2.24, 2.45) is 0 Å². The average molecular weight is 403 g/mol. The summed E-state index contributed by atoms with van der Waals surface area (Å²) in [5, 5.41) is 9.24. The maximum atomic E-state index is 12.7. The zero-order valence-corrected chi connectivity index (χ0v) is 17.7.